The molecule has 3 nitrogen and oxygen atoms in total. The molecule has 0 aliphatic carbocycles. The minimum absolute atomic E-state index is 0.0113. The third-order valence-electron chi connectivity index (χ3n) is 8.71. The van der Waals surface area contributed by atoms with Crippen molar-refractivity contribution in [3.05, 3.63) is 215 Å². The number of β-lactam (4-membered cyclic amide) rings is 1. The van der Waals surface area contributed by atoms with Crippen LogP contribution < -0.4 is 10.6 Å². The highest BCUT2D eigenvalue weighted by molar-refractivity contribution is 8.01. The highest BCUT2D eigenvalue weighted by Crippen LogP contribution is 2.52. The normalized spacial score (nSPS) is 16.4. The fourth-order valence-corrected chi connectivity index (χ4v) is 8.25. The van der Waals surface area contributed by atoms with E-state index in [1.807, 2.05) is 18.2 Å². The number of amides is 1. The second-order valence-electron chi connectivity index (χ2n) is 11.3. The van der Waals surface area contributed by atoms with Gasteiger partial charge in [0.1, 0.15) is 11.4 Å². The van der Waals surface area contributed by atoms with Crippen molar-refractivity contribution in [3.63, 3.8) is 0 Å². The Morgan fingerprint density at radius 3 is 1.02 bits per heavy atom. The Morgan fingerprint density at radius 2 is 0.733 bits per heavy atom. The maximum absolute atomic E-state index is 13.7. The van der Waals surface area contributed by atoms with Crippen LogP contribution in [0.2, 0.25) is 0 Å². The molecule has 220 valence electrons. The van der Waals surface area contributed by atoms with E-state index in [2.05, 4.69) is 174 Å². The fraction of sp³-hybridized carbons (Fsp3) is 0.0976. The molecule has 1 fully saturated rings. The van der Waals surface area contributed by atoms with Crippen molar-refractivity contribution >= 4 is 17.7 Å². The molecule has 2 N–H and O–H groups in total. The highest BCUT2D eigenvalue weighted by Gasteiger charge is 2.51. The average Bonchev–Trinajstić information content (AvgIpc) is 3.13. The molecule has 6 aromatic rings. The van der Waals surface area contributed by atoms with Gasteiger partial charge in [-0.2, -0.15) is 0 Å². The van der Waals surface area contributed by atoms with Crippen LogP contribution in [0.3, 0.4) is 0 Å². The standard InChI is InChI=1S/C41H34N2OS/c44-38-37(43-40(31-19-7-1-8-20-31,32-21-9-2-10-22-32)33-23-11-3-12-24-33)39(42-38)45-41(34-25-13-4-14-26-34,35-27-15-5-16-28-35)36-29-17-6-18-30-36/h1-30,37,39,43H,(H,42,44)/t37-,39-/m1/s1. The zero-order valence-electron chi connectivity index (χ0n) is 24.8. The van der Waals surface area contributed by atoms with Gasteiger partial charge in [0.05, 0.1) is 10.3 Å². The summed E-state index contributed by atoms with van der Waals surface area (Å²) in [4.78, 5) is 13.7. The Bertz CT molecular complexity index is 1640. The molecular formula is C41H34N2OS. The molecule has 4 heteroatoms. The summed E-state index contributed by atoms with van der Waals surface area (Å²) >= 11 is 1.78. The molecule has 0 saturated carbocycles. The van der Waals surface area contributed by atoms with Crippen LogP contribution in [-0.4, -0.2) is 17.3 Å². The smallest absolute Gasteiger partial charge is 0.241 e. The first-order valence-corrected chi connectivity index (χ1v) is 16.2. The molecule has 2 atom stereocenters. The lowest BCUT2D eigenvalue weighted by molar-refractivity contribution is -0.129. The first-order chi connectivity index (χ1) is 22.2. The van der Waals surface area contributed by atoms with Crippen LogP contribution in [0, 0.1) is 0 Å². The van der Waals surface area contributed by atoms with Crippen LogP contribution in [-0.2, 0) is 15.1 Å². The summed E-state index contributed by atoms with van der Waals surface area (Å²) in [6.07, 6.45) is 0. The SMILES string of the molecule is O=C1N[C@H](SC(c2ccccc2)(c2ccccc2)c2ccccc2)[C@@H]1NC(c1ccccc1)(c1ccccc1)c1ccccc1. The van der Waals surface area contributed by atoms with Crippen molar-refractivity contribution in [2.24, 2.45) is 0 Å². The van der Waals surface area contributed by atoms with Gasteiger partial charge in [-0.3, -0.25) is 10.1 Å². The molecule has 1 aliphatic rings. The van der Waals surface area contributed by atoms with E-state index in [0.717, 1.165) is 33.4 Å². The summed E-state index contributed by atoms with van der Waals surface area (Å²) in [5, 5.41) is 7.03. The number of benzene rings is 6. The van der Waals surface area contributed by atoms with Gasteiger partial charge in [0.2, 0.25) is 5.91 Å². The molecule has 0 spiro atoms. The minimum atomic E-state index is -0.764. The summed E-state index contributed by atoms with van der Waals surface area (Å²) in [6.45, 7) is 0. The first-order valence-electron chi connectivity index (χ1n) is 15.3. The first kappa shape index (κ1) is 28.8. The number of nitrogens with one attached hydrogen (secondary N) is 2. The van der Waals surface area contributed by atoms with Gasteiger partial charge in [-0.1, -0.05) is 182 Å². The zero-order valence-corrected chi connectivity index (χ0v) is 25.6. The molecule has 45 heavy (non-hydrogen) atoms. The lowest BCUT2D eigenvalue weighted by Gasteiger charge is -2.48. The number of hydrogen-bond acceptors (Lipinski definition) is 3. The Hall–Kier alpha value is -4.90. The van der Waals surface area contributed by atoms with E-state index in [1.165, 1.54) is 0 Å². The Balaban J connectivity index is 1.38. The third-order valence-corrected chi connectivity index (χ3v) is 10.4. The van der Waals surface area contributed by atoms with Crippen molar-refractivity contribution in [3.8, 4) is 0 Å². The van der Waals surface area contributed by atoms with E-state index in [-0.39, 0.29) is 11.3 Å². The molecule has 0 unspecified atom stereocenters. The molecular weight excluding hydrogens is 569 g/mol. The molecule has 1 amide bonds. The number of thioether (sulfide) groups is 1. The highest BCUT2D eigenvalue weighted by atomic mass is 32.2. The lowest BCUT2D eigenvalue weighted by atomic mass is 9.76. The molecule has 1 aliphatic heterocycles. The number of hydrogen-bond donors (Lipinski definition) is 2. The van der Waals surface area contributed by atoms with Crippen molar-refractivity contribution in [1.82, 2.24) is 10.6 Å². The van der Waals surface area contributed by atoms with Crippen LogP contribution in [0.15, 0.2) is 182 Å². The van der Waals surface area contributed by atoms with Crippen molar-refractivity contribution in [1.29, 1.82) is 0 Å². The summed E-state index contributed by atoms with van der Waals surface area (Å²) in [6, 6.07) is 62.8. The molecule has 0 aromatic heterocycles. The van der Waals surface area contributed by atoms with Crippen molar-refractivity contribution < 1.29 is 4.79 Å². The van der Waals surface area contributed by atoms with Gasteiger partial charge in [-0.05, 0) is 33.4 Å². The van der Waals surface area contributed by atoms with Crippen LogP contribution in [0.4, 0.5) is 0 Å². The lowest BCUT2D eigenvalue weighted by Crippen LogP contribution is -2.71. The fourth-order valence-electron chi connectivity index (χ4n) is 6.55. The predicted molar refractivity (Wildman–Crippen MR) is 185 cm³/mol. The number of carbonyl (C=O) groups excluding carboxylic acids is 1. The number of carbonyl (C=O) groups is 1. The van der Waals surface area contributed by atoms with E-state index in [1.54, 1.807) is 11.8 Å². The predicted octanol–water partition coefficient (Wildman–Crippen LogP) is 8.12. The molecule has 1 saturated heterocycles. The molecule has 7 rings (SSSR count). The topological polar surface area (TPSA) is 41.1 Å². The maximum atomic E-state index is 13.7. The van der Waals surface area contributed by atoms with Gasteiger partial charge in [-0.15, -0.1) is 11.8 Å². The summed E-state index contributed by atoms with van der Waals surface area (Å²) in [5.41, 5.74) is 5.94. The second kappa shape index (κ2) is 12.6. The van der Waals surface area contributed by atoms with E-state index in [9.17, 15) is 4.79 Å². The van der Waals surface area contributed by atoms with Gasteiger partial charge < -0.3 is 5.32 Å². The minimum Gasteiger partial charge on any atom is -0.341 e. The molecule has 6 aromatic carbocycles. The maximum Gasteiger partial charge on any atom is 0.241 e. The van der Waals surface area contributed by atoms with E-state index in [0.29, 0.717) is 0 Å². The summed E-state index contributed by atoms with van der Waals surface area (Å²) < 4.78 is -0.572. The van der Waals surface area contributed by atoms with Crippen LogP contribution in [0.25, 0.3) is 0 Å². The molecule has 1 heterocycles. The summed E-state index contributed by atoms with van der Waals surface area (Å²) in [7, 11) is 0. The van der Waals surface area contributed by atoms with E-state index in [4.69, 9.17) is 0 Å². The van der Waals surface area contributed by atoms with Crippen LogP contribution in [0.5, 0.6) is 0 Å². The largest absolute Gasteiger partial charge is 0.341 e. The Kier molecular flexibility index (Phi) is 8.08. The number of rotatable bonds is 10. The van der Waals surface area contributed by atoms with Gasteiger partial charge in [0.15, 0.2) is 0 Å². The Morgan fingerprint density at radius 1 is 0.444 bits per heavy atom. The third kappa shape index (κ3) is 5.27. The van der Waals surface area contributed by atoms with Gasteiger partial charge in [0.25, 0.3) is 0 Å². The molecule has 0 radical (unpaired) electrons. The Labute approximate surface area is 269 Å². The van der Waals surface area contributed by atoms with Crippen molar-refractivity contribution in [2.75, 3.05) is 0 Å². The van der Waals surface area contributed by atoms with Gasteiger partial charge in [0, 0.05) is 0 Å². The van der Waals surface area contributed by atoms with Crippen LogP contribution in [0.1, 0.15) is 33.4 Å². The summed E-state index contributed by atoms with van der Waals surface area (Å²) in [5.74, 6) is -0.0113. The molecule has 0 bridgehead atoms. The van der Waals surface area contributed by atoms with E-state index < -0.39 is 16.3 Å². The monoisotopic (exact) mass is 602 g/mol. The van der Waals surface area contributed by atoms with Crippen molar-refractivity contribution in [2.45, 2.75) is 21.7 Å². The average molecular weight is 603 g/mol. The quantitative estimate of drug-likeness (QED) is 0.123. The van der Waals surface area contributed by atoms with Gasteiger partial charge in [-0.25, -0.2) is 0 Å². The second-order valence-corrected chi connectivity index (χ2v) is 12.7. The van der Waals surface area contributed by atoms with Crippen LogP contribution >= 0.6 is 11.8 Å². The van der Waals surface area contributed by atoms with Gasteiger partial charge >= 0.3 is 0 Å². The van der Waals surface area contributed by atoms with E-state index >= 15 is 0 Å². The zero-order chi connectivity index (χ0) is 30.5.